The average Bonchev–Trinajstić information content (AvgIpc) is 2.27. The summed E-state index contributed by atoms with van der Waals surface area (Å²) < 4.78 is 0. The standard InChI is InChI=1S/C11H17NO4/c13-6-9(7-14)12-4-3-8-1-2-10(15)5-11(8)16/h1-2,5,9,12-16H,3-4,6-7H2. The number of nitrogens with one attached hydrogen (secondary N) is 1. The largest absolute Gasteiger partial charge is 0.508 e. The van der Waals surface area contributed by atoms with Gasteiger partial charge < -0.3 is 25.7 Å². The highest BCUT2D eigenvalue weighted by Gasteiger charge is 2.06. The van der Waals surface area contributed by atoms with Crippen LogP contribution < -0.4 is 5.32 Å². The third-order valence-electron chi connectivity index (χ3n) is 2.34. The molecule has 0 aliphatic carbocycles. The van der Waals surface area contributed by atoms with Crippen molar-refractivity contribution in [2.45, 2.75) is 12.5 Å². The van der Waals surface area contributed by atoms with Gasteiger partial charge >= 0.3 is 0 Å². The van der Waals surface area contributed by atoms with Gasteiger partial charge in [-0.15, -0.1) is 0 Å². The maximum Gasteiger partial charge on any atom is 0.122 e. The lowest BCUT2D eigenvalue weighted by Gasteiger charge is -2.13. The maximum absolute atomic E-state index is 9.48. The Bertz CT molecular complexity index is 326. The molecule has 0 aliphatic rings. The summed E-state index contributed by atoms with van der Waals surface area (Å²) in [5, 5.41) is 39.1. The fourth-order valence-electron chi connectivity index (χ4n) is 1.36. The number of aromatic hydroxyl groups is 2. The number of phenols is 2. The molecule has 0 radical (unpaired) electrons. The van der Waals surface area contributed by atoms with Crippen molar-refractivity contribution in [2.75, 3.05) is 19.8 Å². The molecule has 0 amide bonds. The third-order valence-corrected chi connectivity index (χ3v) is 2.34. The fourth-order valence-corrected chi connectivity index (χ4v) is 1.36. The molecule has 0 saturated carbocycles. The first-order valence-electron chi connectivity index (χ1n) is 5.13. The van der Waals surface area contributed by atoms with Gasteiger partial charge in [-0.25, -0.2) is 0 Å². The summed E-state index contributed by atoms with van der Waals surface area (Å²) in [6, 6.07) is 4.09. The lowest BCUT2D eigenvalue weighted by atomic mass is 10.1. The third kappa shape index (κ3) is 3.69. The van der Waals surface area contributed by atoms with Crippen molar-refractivity contribution in [1.82, 2.24) is 5.32 Å². The Morgan fingerprint density at radius 3 is 2.38 bits per heavy atom. The molecule has 5 nitrogen and oxygen atoms in total. The van der Waals surface area contributed by atoms with Crippen molar-refractivity contribution in [2.24, 2.45) is 0 Å². The van der Waals surface area contributed by atoms with E-state index in [9.17, 15) is 5.11 Å². The summed E-state index contributed by atoms with van der Waals surface area (Å²) in [6.45, 7) is 0.278. The average molecular weight is 227 g/mol. The van der Waals surface area contributed by atoms with E-state index >= 15 is 0 Å². The molecule has 16 heavy (non-hydrogen) atoms. The zero-order chi connectivity index (χ0) is 12.0. The van der Waals surface area contributed by atoms with Gasteiger partial charge in [-0.1, -0.05) is 6.07 Å². The molecule has 1 rings (SSSR count). The lowest BCUT2D eigenvalue weighted by Crippen LogP contribution is -2.36. The topological polar surface area (TPSA) is 93.0 Å². The first-order valence-corrected chi connectivity index (χ1v) is 5.13. The molecule has 90 valence electrons. The number of aliphatic hydroxyl groups is 2. The summed E-state index contributed by atoms with van der Waals surface area (Å²) >= 11 is 0. The summed E-state index contributed by atoms with van der Waals surface area (Å²) in [5.41, 5.74) is 0.708. The van der Waals surface area contributed by atoms with Crippen LogP contribution in [0.25, 0.3) is 0 Å². The SMILES string of the molecule is OCC(CO)NCCc1ccc(O)cc1O. The van der Waals surface area contributed by atoms with E-state index in [1.54, 1.807) is 6.07 Å². The summed E-state index contributed by atoms with van der Waals surface area (Å²) in [6.07, 6.45) is 0.558. The minimum atomic E-state index is -0.334. The van der Waals surface area contributed by atoms with Crippen LogP contribution in [0.15, 0.2) is 18.2 Å². The molecule has 0 heterocycles. The Hall–Kier alpha value is -1.30. The maximum atomic E-state index is 9.48. The first kappa shape index (κ1) is 12.8. The number of hydrogen-bond acceptors (Lipinski definition) is 5. The van der Waals surface area contributed by atoms with E-state index in [0.29, 0.717) is 18.5 Å². The predicted octanol–water partition coefficient (Wildman–Crippen LogP) is -0.417. The molecular weight excluding hydrogens is 210 g/mol. The highest BCUT2D eigenvalue weighted by Crippen LogP contribution is 2.22. The smallest absolute Gasteiger partial charge is 0.122 e. The van der Waals surface area contributed by atoms with Crippen LogP contribution in [0.5, 0.6) is 11.5 Å². The molecule has 0 aromatic heterocycles. The van der Waals surface area contributed by atoms with Gasteiger partial charge in [0.15, 0.2) is 0 Å². The zero-order valence-electron chi connectivity index (χ0n) is 8.93. The predicted molar refractivity (Wildman–Crippen MR) is 59.4 cm³/mol. The summed E-state index contributed by atoms with van der Waals surface area (Å²) in [5.74, 6) is 0.0733. The lowest BCUT2D eigenvalue weighted by molar-refractivity contribution is 0.171. The first-order chi connectivity index (χ1) is 7.67. The summed E-state index contributed by atoms with van der Waals surface area (Å²) in [4.78, 5) is 0. The van der Waals surface area contributed by atoms with Crippen LogP contribution >= 0.6 is 0 Å². The molecule has 0 unspecified atom stereocenters. The Labute approximate surface area is 94.0 Å². The van der Waals surface area contributed by atoms with E-state index < -0.39 is 0 Å². The quantitative estimate of drug-likeness (QED) is 0.455. The Morgan fingerprint density at radius 2 is 1.81 bits per heavy atom. The fraction of sp³-hybridized carbons (Fsp3) is 0.455. The van der Waals surface area contributed by atoms with Gasteiger partial charge in [0.2, 0.25) is 0 Å². The Morgan fingerprint density at radius 1 is 1.12 bits per heavy atom. The Kier molecular flexibility index (Phi) is 5.04. The number of phenolic OH excluding ortho intramolecular Hbond substituents is 2. The highest BCUT2D eigenvalue weighted by molar-refractivity contribution is 5.39. The van der Waals surface area contributed by atoms with E-state index in [1.165, 1.54) is 12.1 Å². The van der Waals surface area contributed by atoms with Gasteiger partial charge in [0, 0.05) is 6.07 Å². The van der Waals surface area contributed by atoms with E-state index in [-0.39, 0.29) is 30.8 Å². The molecule has 5 N–H and O–H groups in total. The molecule has 0 fully saturated rings. The number of aliphatic hydroxyl groups excluding tert-OH is 2. The van der Waals surface area contributed by atoms with E-state index in [2.05, 4.69) is 5.32 Å². The minimum absolute atomic E-state index is 0.0257. The van der Waals surface area contributed by atoms with E-state index in [4.69, 9.17) is 15.3 Å². The second kappa shape index (κ2) is 6.32. The summed E-state index contributed by atoms with van der Waals surface area (Å²) in [7, 11) is 0. The van der Waals surface area contributed by atoms with Gasteiger partial charge in [0.25, 0.3) is 0 Å². The van der Waals surface area contributed by atoms with Gasteiger partial charge in [-0.2, -0.15) is 0 Å². The van der Waals surface area contributed by atoms with Crippen molar-refractivity contribution in [3.8, 4) is 11.5 Å². The van der Waals surface area contributed by atoms with Crippen LogP contribution in [0.1, 0.15) is 5.56 Å². The normalized spacial score (nSPS) is 10.9. The van der Waals surface area contributed by atoms with Crippen molar-refractivity contribution in [1.29, 1.82) is 0 Å². The number of benzene rings is 1. The van der Waals surface area contributed by atoms with Crippen molar-refractivity contribution >= 4 is 0 Å². The van der Waals surface area contributed by atoms with E-state index in [0.717, 1.165) is 0 Å². The van der Waals surface area contributed by atoms with Crippen LogP contribution in [0, 0.1) is 0 Å². The van der Waals surface area contributed by atoms with Gasteiger partial charge in [0.05, 0.1) is 19.3 Å². The van der Waals surface area contributed by atoms with Gasteiger partial charge in [-0.05, 0) is 24.6 Å². The zero-order valence-corrected chi connectivity index (χ0v) is 8.93. The number of rotatable bonds is 6. The Balaban J connectivity index is 2.42. The molecule has 0 spiro atoms. The van der Waals surface area contributed by atoms with Crippen LogP contribution in [-0.4, -0.2) is 46.2 Å². The second-order valence-corrected chi connectivity index (χ2v) is 3.58. The monoisotopic (exact) mass is 227 g/mol. The van der Waals surface area contributed by atoms with Crippen LogP contribution in [0.4, 0.5) is 0 Å². The van der Waals surface area contributed by atoms with Crippen LogP contribution in [0.3, 0.4) is 0 Å². The molecule has 0 aliphatic heterocycles. The van der Waals surface area contributed by atoms with Crippen molar-refractivity contribution in [3.05, 3.63) is 23.8 Å². The van der Waals surface area contributed by atoms with Gasteiger partial charge in [-0.3, -0.25) is 0 Å². The van der Waals surface area contributed by atoms with Crippen LogP contribution in [0.2, 0.25) is 0 Å². The molecule has 1 aromatic rings. The second-order valence-electron chi connectivity index (χ2n) is 3.58. The highest BCUT2D eigenvalue weighted by atomic mass is 16.3. The van der Waals surface area contributed by atoms with E-state index in [1.807, 2.05) is 0 Å². The minimum Gasteiger partial charge on any atom is -0.508 e. The molecule has 0 bridgehead atoms. The molecule has 0 saturated heterocycles. The molecule has 0 atom stereocenters. The number of hydrogen-bond donors (Lipinski definition) is 5. The molecule has 1 aromatic carbocycles. The van der Waals surface area contributed by atoms with Crippen LogP contribution in [-0.2, 0) is 6.42 Å². The molecular formula is C11H17NO4. The molecule has 5 heteroatoms. The van der Waals surface area contributed by atoms with Gasteiger partial charge in [0.1, 0.15) is 11.5 Å². The van der Waals surface area contributed by atoms with Crippen molar-refractivity contribution < 1.29 is 20.4 Å². The van der Waals surface area contributed by atoms with Crippen molar-refractivity contribution in [3.63, 3.8) is 0 Å².